The van der Waals surface area contributed by atoms with Crippen LogP contribution in [0.3, 0.4) is 0 Å². The zero-order valence-corrected chi connectivity index (χ0v) is 17.1. The number of halogens is 2. The second kappa shape index (κ2) is 10.6. The number of rotatable bonds is 7. The van der Waals surface area contributed by atoms with E-state index in [-0.39, 0.29) is 18.3 Å². The fraction of sp³-hybridized carbons (Fsp3) is 0.526. The second-order valence-electron chi connectivity index (χ2n) is 6.74. The van der Waals surface area contributed by atoms with Crippen LogP contribution in [0, 0.1) is 5.92 Å². The molecule has 6 nitrogen and oxygen atoms in total. The smallest absolute Gasteiger partial charge is 0.227 e. The SMILES string of the molecule is CNCCC1CCN(C(=O)CCc2nc(-c3ccc(Cl)cc3)no2)CC1.Cl. The number of aromatic nitrogens is 2. The molecular weight excluding hydrogens is 387 g/mol. The van der Waals surface area contributed by atoms with E-state index in [1.807, 2.05) is 24.1 Å². The van der Waals surface area contributed by atoms with Crippen LogP contribution in [-0.2, 0) is 11.2 Å². The number of aryl methyl sites for hydroxylation is 1. The minimum absolute atomic E-state index is 0. The number of hydrogen-bond acceptors (Lipinski definition) is 5. The molecule has 27 heavy (non-hydrogen) atoms. The molecule has 0 aliphatic carbocycles. The Bertz CT molecular complexity index is 713. The number of nitrogens with zero attached hydrogens (tertiary/aromatic N) is 3. The molecule has 0 bridgehead atoms. The highest BCUT2D eigenvalue weighted by Crippen LogP contribution is 2.21. The van der Waals surface area contributed by atoms with E-state index in [1.54, 1.807) is 12.1 Å². The maximum Gasteiger partial charge on any atom is 0.227 e. The van der Waals surface area contributed by atoms with Crippen molar-refractivity contribution >= 4 is 29.9 Å². The van der Waals surface area contributed by atoms with Crippen molar-refractivity contribution < 1.29 is 9.32 Å². The molecule has 1 amide bonds. The van der Waals surface area contributed by atoms with Crippen LogP contribution >= 0.6 is 24.0 Å². The third-order valence-electron chi connectivity index (χ3n) is 4.89. The molecule has 1 N–H and O–H groups in total. The lowest BCUT2D eigenvalue weighted by atomic mass is 9.93. The monoisotopic (exact) mass is 412 g/mol. The first-order valence-electron chi connectivity index (χ1n) is 9.16. The Morgan fingerprint density at radius 3 is 2.67 bits per heavy atom. The molecule has 2 aromatic rings. The van der Waals surface area contributed by atoms with Crippen molar-refractivity contribution in [3.8, 4) is 11.4 Å². The molecule has 0 radical (unpaired) electrons. The van der Waals surface area contributed by atoms with Gasteiger partial charge in [0.15, 0.2) is 0 Å². The van der Waals surface area contributed by atoms with Gasteiger partial charge < -0.3 is 14.7 Å². The van der Waals surface area contributed by atoms with Crippen molar-refractivity contribution in [3.63, 3.8) is 0 Å². The molecule has 1 aromatic heterocycles. The summed E-state index contributed by atoms with van der Waals surface area (Å²) in [6.45, 7) is 2.76. The van der Waals surface area contributed by atoms with Crippen LogP contribution in [0.15, 0.2) is 28.8 Å². The van der Waals surface area contributed by atoms with Crippen LogP contribution < -0.4 is 5.32 Å². The van der Waals surface area contributed by atoms with Gasteiger partial charge in [0.05, 0.1) is 0 Å². The molecule has 0 saturated carbocycles. The van der Waals surface area contributed by atoms with Crippen molar-refractivity contribution in [2.45, 2.75) is 32.1 Å². The first-order valence-corrected chi connectivity index (χ1v) is 9.54. The molecule has 0 unspecified atom stereocenters. The van der Waals surface area contributed by atoms with E-state index in [0.29, 0.717) is 29.6 Å². The van der Waals surface area contributed by atoms with Crippen LogP contribution in [0.4, 0.5) is 0 Å². The van der Waals surface area contributed by atoms with Gasteiger partial charge in [-0.05, 0) is 63.0 Å². The van der Waals surface area contributed by atoms with Crippen LogP contribution in [0.2, 0.25) is 5.02 Å². The third-order valence-corrected chi connectivity index (χ3v) is 5.15. The molecule has 1 fully saturated rings. The van der Waals surface area contributed by atoms with E-state index in [9.17, 15) is 4.79 Å². The highest BCUT2D eigenvalue weighted by atomic mass is 35.5. The highest BCUT2D eigenvalue weighted by Gasteiger charge is 2.22. The Kier molecular flexibility index (Phi) is 8.54. The van der Waals surface area contributed by atoms with Gasteiger partial charge in [0.25, 0.3) is 0 Å². The maximum atomic E-state index is 12.4. The summed E-state index contributed by atoms with van der Waals surface area (Å²) >= 11 is 5.89. The molecule has 1 aliphatic heterocycles. The number of piperidine rings is 1. The Morgan fingerprint density at radius 1 is 1.30 bits per heavy atom. The third kappa shape index (κ3) is 6.19. The van der Waals surface area contributed by atoms with Gasteiger partial charge in [-0.2, -0.15) is 4.98 Å². The average Bonchev–Trinajstić information content (AvgIpc) is 3.14. The minimum Gasteiger partial charge on any atom is -0.343 e. The molecule has 3 rings (SSSR count). The first kappa shape index (κ1) is 21.7. The van der Waals surface area contributed by atoms with Gasteiger partial charge in [-0.15, -0.1) is 12.4 Å². The molecule has 2 heterocycles. The van der Waals surface area contributed by atoms with Crippen molar-refractivity contribution in [3.05, 3.63) is 35.2 Å². The summed E-state index contributed by atoms with van der Waals surface area (Å²) in [5.41, 5.74) is 0.847. The maximum absolute atomic E-state index is 12.4. The van der Waals surface area contributed by atoms with Gasteiger partial charge in [-0.3, -0.25) is 4.79 Å². The lowest BCUT2D eigenvalue weighted by Crippen LogP contribution is -2.39. The molecule has 8 heteroatoms. The van der Waals surface area contributed by atoms with Gasteiger partial charge >= 0.3 is 0 Å². The van der Waals surface area contributed by atoms with E-state index in [1.165, 1.54) is 6.42 Å². The van der Waals surface area contributed by atoms with E-state index in [4.69, 9.17) is 16.1 Å². The lowest BCUT2D eigenvalue weighted by Gasteiger charge is -2.32. The number of nitrogens with one attached hydrogen (secondary N) is 1. The zero-order chi connectivity index (χ0) is 18.4. The van der Waals surface area contributed by atoms with Gasteiger partial charge in [0.1, 0.15) is 0 Å². The average molecular weight is 413 g/mol. The Morgan fingerprint density at radius 2 is 2.00 bits per heavy atom. The number of amides is 1. The van der Waals surface area contributed by atoms with Gasteiger partial charge in [-0.25, -0.2) is 0 Å². The quantitative estimate of drug-likeness (QED) is 0.751. The van der Waals surface area contributed by atoms with Crippen molar-refractivity contribution in [1.29, 1.82) is 0 Å². The van der Waals surface area contributed by atoms with E-state index >= 15 is 0 Å². The van der Waals surface area contributed by atoms with Gasteiger partial charge in [0, 0.05) is 36.5 Å². The van der Waals surface area contributed by atoms with E-state index < -0.39 is 0 Å². The summed E-state index contributed by atoms with van der Waals surface area (Å²) in [7, 11) is 1.98. The Balaban J connectivity index is 0.00000261. The molecule has 1 aliphatic rings. The van der Waals surface area contributed by atoms with Gasteiger partial charge in [0.2, 0.25) is 17.6 Å². The minimum atomic E-state index is 0. The van der Waals surface area contributed by atoms with E-state index in [2.05, 4.69) is 15.5 Å². The van der Waals surface area contributed by atoms with E-state index in [0.717, 1.165) is 44.0 Å². The highest BCUT2D eigenvalue weighted by molar-refractivity contribution is 6.30. The predicted octanol–water partition coefficient (Wildman–Crippen LogP) is 3.59. The number of hydrogen-bond donors (Lipinski definition) is 1. The number of likely N-dealkylation sites (tertiary alicyclic amines) is 1. The lowest BCUT2D eigenvalue weighted by molar-refractivity contribution is -0.132. The fourth-order valence-electron chi connectivity index (χ4n) is 3.26. The number of carbonyl (C=O) groups is 1. The van der Waals surface area contributed by atoms with Crippen LogP contribution in [0.25, 0.3) is 11.4 Å². The normalized spacial score (nSPS) is 14.8. The largest absolute Gasteiger partial charge is 0.343 e. The summed E-state index contributed by atoms with van der Waals surface area (Å²) in [6.07, 6.45) is 4.25. The van der Waals surface area contributed by atoms with Crippen LogP contribution in [0.5, 0.6) is 0 Å². The molecule has 0 atom stereocenters. The fourth-order valence-corrected chi connectivity index (χ4v) is 3.39. The number of benzene rings is 1. The predicted molar refractivity (Wildman–Crippen MR) is 108 cm³/mol. The topological polar surface area (TPSA) is 71.3 Å². The molecular formula is C19H26Cl2N4O2. The molecule has 1 saturated heterocycles. The summed E-state index contributed by atoms with van der Waals surface area (Å²) in [4.78, 5) is 18.8. The van der Waals surface area contributed by atoms with Crippen molar-refractivity contribution in [2.24, 2.45) is 5.92 Å². The van der Waals surface area contributed by atoms with Crippen LogP contribution in [0.1, 0.15) is 31.6 Å². The Hall–Kier alpha value is -1.63. The molecule has 148 valence electrons. The standard InChI is InChI=1S/C19H25ClN4O2.ClH/c1-21-11-8-14-9-12-24(13-10-14)18(25)7-6-17-22-19(23-26-17)15-2-4-16(20)5-3-15;/h2-5,14,21H,6-13H2,1H3;1H. The van der Waals surface area contributed by atoms with Gasteiger partial charge in [-0.1, -0.05) is 16.8 Å². The first-order chi connectivity index (χ1) is 12.7. The van der Waals surface area contributed by atoms with Crippen LogP contribution in [-0.4, -0.2) is 47.6 Å². The molecule has 0 spiro atoms. The van der Waals surface area contributed by atoms with Crippen molar-refractivity contribution in [2.75, 3.05) is 26.7 Å². The Labute approximate surface area is 171 Å². The second-order valence-corrected chi connectivity index (χ2v) is 7.17. The summed E-state index contributed by atoms with van der Waals surface area (Å²) < 4.78 is 5.28. The summed E-state index contributed by atoms with van der Waals surface area (Å²) in [6, 6.07) is 7.27. The number of carbonyl (C=O) groups excluding carboxylic acids is 1. The van der Waals surface area contributed by atoms with Crippen molar-refractivity contribution in [1.82, 2.24) is 20.4 Å². The summed E-state index contributed by atoms with van der Waals surface area (Å²) in [5.74, 6) is 1.91. The zero-order valence-electron chi connectivity index (χ0n) is 15.5. The molecule has 1 aromatic carbocycles. The summed E-state index contributed by atoms with van der Waals surface area (Å²) in [5, 5.41) is 7.84.